The van der Waals surface area contributed by atoms with Gasteiger partial charge >= 0.3 is 6.09 Å². The number of alkyl carbamates (subject to hydrolysis) is 1. The topological polar surface area (TPSA) is 92.0 Å². The first-order valence-electron chi connectivity index (χ1n) is 10.1. The van der Waals surface area contributed by atoms with Crippen LogP contribution in [-0.4, -0.2) is 59.9 Å². The normalized spacial score (nSPS) is 18.2. The summed E-state index contributed by atoms with van der Waals surface area (Å²) in [5.74, 6) is 1.95. The van der Waals surface area contributed by atoms with Crippen molar-refractivity contribution >= 4 is 36.0 Å². The van der Waals surface area contributed by atoms with E-state index in [4.69, 9.17) is 14.3 Å². The molecule has 1 unspecified atom stereocenters. The molecule has 8 nitrogen and oxygen atoms in total. The van der Waals surface area contributed by atoms with Crippen LogP contribution in [0.1, 0.15) is 64.0 Å². The van der Waals surface area contributed by atoms with Crippen molar-refractivity contribution in [1.82, 2.24) is 20.7 Å². The zero-order chi connectivity index (χ0) is 20.9. The first-order valence-corrected chi connectivity index (χ1v) is 10.1. The lowest BCUT2D eigenvalue weighted by molar-refractivity contribution is 0.0507. The third-order valence-electron chi connectivity index (χ3n) is 4.64. The number of nitrogens with zero attached hydrogens (tertiary/aromatic N) is 3. The summed E-state index contributed by atoms with van der Waals surface area (Å²) in [4.78, 5) is 19.0. The van der Waals surface area contributed by atoms with E-state index in [-0.39, 0.29) is 42.0 Å². The van der Waals surface area contributed by atoms with Crippen LogP contribution in [0.15, 0.2) is 9.52 Å². The number of aromatic nitrogens is 1. The van der Waals surface area contributed by atoms with E-state index in [0.29, 0.717) is 13.1 Å². The third-order valence-corrected chi connectivity index (χ3v) is 4.64. The van der Waals surface area contributed by atoms with E-state index in [9.17, 15) is 4.79 Å². The zero-order valence-electron chi connectivity index (χ0n) is 18.7. The van der Waals surface area contributed by atoms with Gasteiger partial charge in [-0.15, -0.1) is 24.0 Å². The number of aryl methyl sites for hydroxylation is 2. The highest BCUT2D eigenvalue weighted by atomic mass is 127. The van der Waals surface area contributed by atoms with Crippen LogP contribution in [0.4, 0.5) is 4.79 Å². The Kier molecular flexibility index (Phi) is 9.70. The van der Waals surface area contributed by atoms with Gasteiger partial charge in [0, 0.05) is 37.7 Å². The second-order valence-corrected chi connectivity index (χ2v) is 8.41. The molecule has 166 valence electrons. The minimum atomic E-state index is -0.493. The molecule has 1 aliphatic rings. The largest absolute Gasteiger partial charge is 0.444 e. The van der Waals surface area contributed by atoms with Crippen molar-refractivity contribution in [2.24, 2.45) is 4.99 Å². The van der Waals surface area contributed by atoms with Crippen molar-refractivity contribution in [3.8, 4) is 0 Å². The summed E-state index contributed by atoms with van der Waals surface area (Å²) >= 11 is 0. The molecule has 0 aromatic carbocycles. The van der Waals surface area contributed by atoms with Crippen LogP contribution in [0.2, 0.25) is 0 Å². The maximum Gasteiger partial charge on any atom is 0.407 e. The highest BCUT2D eigenvalue weighted by molar-refractivity contribution is 14.0. The Hall–Kier alpha value is -1.52. The molecule has 1 amide bonds. The fourth-order valence-electron chi connectivity index (χ4n) is 3.48. The molecular formula is C20H36IN5O3. The summed E-state index contributed by atoms with van der Waals surface area (Å²) < 4.78 is 10.6. The third kappa shape index (κ3) is 7.67. The number of ether oxygens (including phenoxy) is 1. The smallest absolute Gasteiger partial charge is 0.407 e. The van der Waals surface area contributed by atoms with Gasteiger partial charge in [-0.3, -0.25) is 4.99 Å². The van der Waals surface area contributed by atoms with E-state index in [2.05, 4.69) is 34.5 Å². The molecule has 2 N–H and O–H groups in total. The summed E-state index contributed by atoms with van der Waals surface area (Å²) in [6.07, 6.45) is 0.497. The molecule has 1 aliphatic heterocycles. The Bertz CT molecular complexity index is 679. The molecule has 0 aliphatic carbocycles. The summed E-state index contributed by atoms with van der Waals surface area (Å²) in [6, 6.07) is 0.0543. The number of halogens is 1. The van der Waals surface area contributed by atoms with Crippen LogP contribution >= 0.6 is 24.0 Å². The van der Waals surface area contributed by atoms with E-state index in [1.54, 1.807) is 0 Å². The molecule has 29 heavy (non-hydrogen) atoms. The minimum absolute atomic E-state index is 0. The van der Waals surface area contributed by atoms with Gasteiger partial charge in [-0.1, -0.05) is 12.1 Å². The predicted octanol–water partition coefficient (Wildman–Crippen LogP) is 3.58. The second-order valence-electron chi connectivity index (χ2n) is 8.41. The van der Waals surface area contributed by atoms with Gasteiger partial charge in [-0.05, 0) is 48.0 Å². The van der Waals surface area contributed by atoms with Crippen molar-refractivity contribution in [2.75, 3.05) is 26.2 Å². The number of hydrogen-bond acceptors (Lipinski definition) is 5. The molecule has 1 aromatic heterocycles. The van der Waals surface area contributed by atoms with E-state index in [1.165, 1.54) is 0 Å². The van der Waals surface area contributed by atoms with Crippen molar-refractivity contribution in [2.45, 2.75) is 72.4 Å². The quantitative estimate of drug-likeness (QED) is 0.350. The van der Waals surface area contributed by atoms with Gasteiger partial charge in [0.05, 0.1) is 11.7 Å². The highest BCUT2D eigenvalue weighted by Crippen LogP contribution is 2.23. The van der Waals surface area contributed by atoms with Crippen molar-refractivity contribution in [3.63, 3.8) is 0 Å². The second kappa shape index (κ2) is 11.0. The fraction of sp³-hybridized carbons (Fsp3) is 0.750. The Morgan fingerprint density at radius 3 is 2.66 bits per heavy atom. The van der Waals surface area contributed by atoms with Crippen LogP contribution in [-0.2, 0) is 4.74 Å². The summed E-state index contributed by atoms with van der Waals surface area (Å²) in [6.45, 7) is 16.7. The molecule has 1 saturated heterocycles. The number of carbonyl (C=O) groups excluding carboxylic acids is 1. The van der Waals surface area contributed by atoms with Gasteiger partial charge in [-0.25, -0.2) is 4.79 Å². The van der Waals surface area contributed by atoms with Crippen molar-refractivity contribution in [1.29, 1.82) is 0 Å². The number of nitrogens with one attached hydrogen (secondary N) is 2. The Morgan fingerprint density at radius 2 is 2.10 bits per heavy atom. The van der Waals surface area contributed by atoms with Crippen LogP contribution in [0, 0.1) is 13.8 Å². The molecule has 0 bridgehead atoms. The van der Waals surface area contributed by atoms with Gasteiger partial charge in [0.2, 0.25) is 0 Å². The first-order chi connectivity index (χ1) is 13.1. The molecule has 2 heterocycles. The van der Waals surface area contributed by atoms with Gasteiger partial charge in [-0.2, -0.15) is 0 Å². The number of amides is 1. The van der Waals surface area contributed by atoms with Crippen molar-refractivity contribution < 1.29 is 14.1 Å². The van der Waals surface area contributed by atoms with E-state index in [0.717, 1.165) is 42.5 Å². The van der Waals surface area contributed by atoms with Crippen LogP contribution in [0.3, 0.4) is 0 Å². The van der Waals surface area contributed by atoms with Gasteiger partial charge in [0.25, 0.3) is 0 Å². The molecule has 1 aromatic rings. The lowest BCUT2D eigenvalue weighted by Crippen LogP contribution is -2.44. The van der Waals surface area contributed by atoms with Gasteiger partial charge in [0.15, 0.2) is 5.96 Å². The number of guanidine groups is 1. The molecule has 9 heteroatoms. The number of hydrogen-bond donors (Lipinski definition) is 2. The number of carbonyl (C=O) groups is 1. The Labute approximate surface area is 191 Å². The molecule has 2 atom stereocenters. The molecule has 2 rings (SSSR count). The van der Waals surface area contributed by atoms with E-state index in [1.807, 2.05) is 34.6 Å². The molecule has 0 saturated carbocycles. The van der Waals surface area contributed by atoms with E-state index < -0.39 is 5.60 Å². The zero-order valence-corrected chi connectivity index (χ0v) is 21.0. The maximum absolute atomic E-state index is 12.0. The standard InChI is InChI=1S/C20H35N5O3.HI/c1-8-21-18(22-11-13(2)17-14(3)24-28-15(17)4)25-10-9-16(12-25)23-19(26)27-20(5,6)7;/h13,16H,8-12H2,1-7H3,(H,21,22)(H,23,26);1H/t13?,16-;/m1./s1. The summed E-state index contributed by atoms with van der Waals surface area (Å²) in [7, 11) is 0. The average molecular weight is 521 g/mol. The van der Waals surface area contributed by atoms with E-state index >= 15 is 0 Å². The first kappa shape index (κ1) is 25.5. The molecular weight excluding hydrogens is 485 g/mol. The van der Waals surface area contributed by atoms with Gasteiger partial charge < -0.3 is 24.8 Å². The molecule has 1 fully saturated rings. The SMILES string of the molecule is CCNC(=NCC(C)c1c(C)noc1C)N1CC[C@@H](NC(=O)OC(C)(C)C)C1.I. The maximum atomic E-state index is 12.0. The number of rotatable bonds is 5. The summed E-state index contributed by atoms with van der Waals surface area (Å²) in [5, 5.41) is 10.4. The highest BCUT2D eigenvalue weighted by Gasteiger charge is 2.28. The van der Waals surface area contributed by atoms with Crippen molar-refractivity contribution in [3.05, 3.63) is 17.0 Å². The molecule has 0 spiro atoms. The Morgan fingerprint density at radius 1 is 1.41 bits per heavy atom. The Balaban J connectivity index is 0.00000420. The number of likely N-dealkylation sites (tertiary alicyclic amines) is 1. The van der Waals surface area contributed by atoms with Gasteiger partial charge in [0.1, 0.15) is 11.4 Å². The monoisotopic (exact) mass is 521 g/mol. The van der Waals surface area contributed by atoms with Crippen LogP contribution in [0.5, 0.6) is 0 Å². The number of aliphatic imine (C=N–C) groups is 1. The lowest BCUT2D eigenvalue weighted by Gasteiger charge is -2.23. The minimum Gasteiger partial charge on any atom is -0.444 e. The molecule has 0 radical (unpaired) electrons. The fourth-order valence-corrected chi connectivity index (χ4v) is 3.48. The summed E-state index contributed by atoms with van der Waals surface area (Å²) in [5.41, 5.74) is 1.56. The van der Waals surface area contributed by atoms with Crippen LogP contribution in [0.25, 0.3) is 0 Å². The predicted molar refractivity (Wildman–Crippen MR) is 125 cm³/mol. The average Bonchev–Trinajstić information content (AvgIpc) is 3.16. The lowest BCUT2D eigenvalue weighted by atomic mass is 10.00. The van der Waals surface area contributed by atoms with Crippen LogP contribution < -0.4 is 10.6 Å².